The van der Waals surface area contributed by atoms with Crippen LogP contribution in [0.2, 0.25) is 0 Å². The van der Waals surface area contributed by atoms with E-state index in [9.17, 15) is 0 Å². The summed E-state index contributed by atoms with van der Waals surface area (Å²) in [7, 11) is 0. The summed E-state index contributed by atoms with van der Waals surface area (Å²) >= 11 is 0. The molecule has 2 rings (SSSR count). The van der Waals surface area contributed by atoms with E-state index in [-0.39, 0.29) is 0 Å². The van der Waals surface area contributed by atoms with Gasteiger partial charge in [0.1, 0.15) is 0 Å². The molecule has 0 bridgehead atoms. The van der Waals surface area contributed by atoms with Gasteiger partial charge in [-0.05, 0) is 61.2 Å². The molecule has 0 aliphatic heterocycles. The molecule has 0 N–H and O–H groups in total. The fourth-order valence-electron chi connectivity index (χ4n) is 4.67. The zero-order valence-corrected chi connectivity index (χ0v) is 12.9. The first kappa shape index (κ1) is 14.2. The lowest BCUT2D eigenvalue weighted by atomic mass is 9.63. The van der Waals surface area contributed by atoms with Crippen molar-refractivity contribution in [3.8, 4) is 0 Å². The molecule has 2 aliphatic carbocycles. The van der Waals surface area contributed by atoms with Crippen molar-refractivity contribution in [1.29, 1.82) is 0 Å². The highest BCUT2D eigenvalue weighted by Crippen LogP contribution is 2.57. The van der Waals surface area contributed by atoms with Crippen molar-refractivity contribution in [3.05, 3.63) is 12.2 Å². The van der Waals surface area contributed by atoms with E-state index in [0.29, 0.717) is 5.41 Å². The van der Waals surface area contributed by atoms with E-state index >= 15 is 0 Å². The molecule has 104 valence electrons. The third-order valence-electron chi connectivity index (χ3n) is 5.81. The van der Waals surface area contributed by atoms with E-state index in [1.54, 1.807) is 0 Å². The molecule has 0 heteroatoms. The second kappa shape index (κ2) is 5.80. The van der Waals surface area contributed by atoms with Gasteiger partial charge in [0.05, 0.1) is 0 Å². The molecule has 0 amide bonds. The molecule has 4 unspecified atom stereocenters. The Morgan fingerprint density at radius 3 is 2.61 bits per heavy atom. The first-order valence-corrected chi connectivity index (χ1v) is 8.20. The average Bonchev–Trinajstić information content (AvgIpc) is 2.65. The Hall–Kier alpha value is -0.260. The Morgan fingerprint density at radius 2 is 1.89 bits per heavy atom. The molecule has 0 aromatic rings. The molecule has 2 fully saturated rings. The number of allylic oxidation sites excluding steroid dienone is 2. The topological polar surface area (TPSA) is 0 Å². The van der Waals surface area contributed by atoms with E-state index in [1.165, 1.54) is 44.9 Å². The van der Waals surface area contributed by atoms with Crippen molar-refractivity contribution < 1.29 is 0 Å². The lowest BCUT2D eigenvalue weighted by Crippen LogP contribution is -2.34. The van der Waals surface area contributed by atoms with Crippen molar-refractivity contribution in [2.45, 2.75) is 72.6 Å². The van der Waals surface area contributed by atoms with Crippen LogP contribution in [0.4, 0.5) is 0 Å². The summed E-state index contributed by atoms with van der Waals surface area (Å²) in [5.41, 5.74) is 0.667. The van der Waals surface area contributed by atoms with Crippen LogP contribution in [0.15, 0.2) is 12.2 Å². The summed E-state index contributed by atoms with van der Waals surface area (Å²) in [6.07, 6.45) is 15.2. The fraction of sp³-hybridized carbons (Fsp3) is 0.889. The summed E-state index contributed by atoms with van der Waals surface area (Å²) in [4.78, 5) is 0. The third kappa shape index (κ3) is 2.83. The van der Waals surface area contributed by atoms with E-state index in [2.05, 4.69) is 39.8 Å². The molecule has 0 spiro atoms. The van der Waals surface area contributed by atoms with Crippen molar-refractivity contribution in [2.24, 2.45) is 29.1 Å². The predicted octanol–water partition coefficient (Wildman–Crippen LogP) is 5.83. The first-order chi connectivity index (χ1) is 8.54. The largest absolute Gasteiger partial charge is 0.0880 e. The Bertz CT molecular complexity index is 288. The molecule has 0 heterocycles. The van der Waals surface area contributed by atoms with Crippen molar-refractivity contribution >= 4 is 0 Å². The van der Waals surface area contributed by atoms with Gasteiger partial charge in [-0.3, -0.25) is 0 Å². The van der Waals surface area contributed by atoms with Gasteiger partial charge in [-0.1, -0.05) is 52.7 Å². The van der Waals surface area contributed by atoms with Gasteiger partial charge in [-0.15, -0.1) is 0 Å². The molecule has 18 heavy (non-hydrogen) atoms. The van der Waals surface area contributed by atoms with Gasteiger partial charge >= 0.3 is 0 Å². The number of hydrogen-bond donors (Lipinski definition) is 0. The van der Waals surface area contributed by atoms with Crippen LogP contribution in [-0.4, -0.2) is 0 Å². The molecular weight excluding hydrogens is 216 g/mol. The van der Waals surface area contributed by atoms with Crippen molar-refractivity contribution in [1.82, 2.24) is 0 Å². The zero-order valence-electron chi connectivity index (χ0n) is 12.9. The SMILES string of the molecule is CC(C)C/C=C/C(C)C1CCC2CCCCC21C. The fourth-order valence-corrected chi connectivity index (χ4v) is 4.67. The molecule has 2 aliphatic rings. The standard InChI is InChI=1S/C18H32/c1-14(2)8-7-9-15(3)17-12-11-16-10-5-6-13-18(16,17)4/h7,9,14-17H,5-6,8,10-13H2,1-4H3/b9-7+. The highest BCUT2D eigenvalue weighted by molar-refractivity contribution is 5.03. The Labute approximate surface area is 114 Å². The molecule has 2 saturated carbocycles. The maximum absolute atomic E-state index is 2.60. The predicted molar refractivity (Wildman–Crippen MR) is 80.5 cm³/mol. The minimum Gasteiger partial charge on any atom is -0.0880 e. The summed E-state index contributed by atoms with van der Waals surface area (Å²) in [6.45, 7) is 9.68. The van der Waals surface area contributed by atoms with Crippen LogP contribution in [-0.2, 0) is 0 Å². The first-order valence-electron chi connectivity index (χ1n) is 8.20. The summed E-state index contributed by atoms with van der Waals surface area (Å²) in [6, 6.07) is 0. The van der Waals surface area contributed by atoms with E-state index in [0.717, 1.165) is 23.7 Å². The van der Waals surface area contributed by atoms with E-state index in [4.69, 9.17) is 0 Å². The lowest BCUT2D eigenvalue weighted by Gasteiger charge is -2.42. The number of hydrogen-bond acceptors (Lipinski definition) is 0. The molecular formula is C18H32. The highest BCUT2D eigenvalue weighted by atomic mass is 14.5. The second-order valence-corrected chi connectivity index (χ2v) is 7.55. The zero-order chi connectivity index (χ0) is 13.2. The summed E-state index contributed by atoms with van der Waals surface area (Å²) in [5.74, 6) is 3.58. The van der Waals surface area contributed by atoms with Gasteiger partial charge in [0.15, 0.2) is 0 Å². The highest BCUT2D eigenvalue weighted by Gasteiger charge is 2.48. The lowest BCUT2D eigenvalue weighted by molar-refractivity contribution is 0.0809. The van der Waals surface area contributed by atoms with Crippen LogP contribution < -0.4 is 0 Å². The van der Waals surface area contributed by atoms with Gasteiger partial charge in [-0.25, -0.2) is 0 Å². The van der Waals surface area contributed by atoms with Gasteiger partial charge in [0, 0.05) is 0 Å². The third-order valence-corrected chi connectivity index (χ3v) is 5.81. The number of rotatable bonds is 4. The van der Waals surface area contributed by atoms with Gasteiger partial charge in [0.2, 0.25) is 0 Å². The van der Waals surface area contributed by atoms with Crippen molar-refractivity contribution in [2.75, 3.05) is 0 Å². The summed E-state index contributed by atoms with van der Waals surface area (Å²) < 4.78 is 0. The molecule has 0 aromatic heterocycles. The van der Waals surface area contributed by atoms with Crippen LogP contribution in [0.25, 0.3) is 0 Å². The maximum Gasteiger partial charge on any atom is -0.0228 e. The Morgan fingerprint density at radius 1 is 1.11 bits per heavy atom. The van der Waals surface area contributed by atoms with Crippen LogP contribution in [0, 0.1) is 29.1 Å². The van der Waals surface area contributed by atoms with Crippen LogP contribution in [0.1, 0.15) is 72.6 Å². The molecule has 0 aromatic carbocycles. The summed E-state index contributed by atoms with van der Waals surface area (Å²) in [5, 5.41) is 0. The van der Waals surface area contributed by atoms with Gasteiger partial charge in [0.25, 0.3) is 0 Å². The van der Waals surface area contributed by atoms with Crippen molar-refractivity contribution in [3.63, 3.8) is 0 Å². The second-order valence-electron chi connectivity index (χ2n) is 7.55. The molecule has 0 nitrogen and oxygen atoms in total. The van der Waals surface area contributed by atoms with Gasteiger partial charge in [-0.2, -0.15) is 0 Å². The van der Waals surface area contributed by atoms with Crippen LogP contribution in [0.5, 0.6) is 0 Å². The van der Waals surface area contributed by atoms with Crippen LogP contribution >= 0.6 is 0 Å². The number of fused-ring (bicyclic) bond motifs is 1. The molecule has 4 atom stereocenters. The monoisotopic (exact) mass is 248 g/mol. The van der Waals surface area contributed by atoms with Crippen LogP contribution in [0.3, 0.4) is 0 Å². The van der Waals surface area contributed by atoms with E-state index in [1.807, 2.05) is 0 Å². The van der Waals surface area contributed by atoms with Gasteiger partial charge < -0.3 is 0 Å². The smallest absolute Gasteiger partial charge is 0.0228 e. The normalized spacial score (nSPS) is 38.3. The Balaban J connectivity index is 1.98. The quantitative estimate of drug-likeness (QED) is 0.549. The minimum absolute atomic E-state index is 0.667. The van der Waals surface area contributed by atoms with E-state index < -0.39 is 0 Å². The average molecular weight is 248 g/mol. The maximum atomic E-state index is 2.60. The molecule has 0 saturated heterocycles. The minimum atomic E-state index is 0.667. The Kier molecular flexibility index (Phi) is 4.56. The molecule has 0 radical (unpaired) electrons.